The summed E-state index contributed by atoms with van der Waals surface area (Å²) in [6.45, 7) is 4.36. The Balaban J connectivity index is 3.05. The molecule has 0 fully saturated rings. The smallest absolute Gasteiger partial charge is 0.141 e. The summed E-state index contributed by atoms with van der Waals surface area (Å²) in [4.78, 5) is 0. The van der Waals surface area contributed by atoms with Crippen molar-refractivity contribution in [1.82, 2.24) is 0 Å². The second kappa shape index (κ2) is 4.17. The first-order valence-corrected chi connectivity index (χ1v) is 4.54. The van der Waals surface area contributed by atoms with Crippen molar-refractivity contribution in [3.05, 3.63) is 23.8 Å². The van der Waals surface area contributed by atoms with E-state index in [1.807, 2.05) is 13.1 Å². The topological polar surface area (TPSA) is 21.3 Å². The maximum Gasteiger partial charge on any atom is 0.141 e. The Kier molecular flexibility index (Phi) is 3.18. The normalized spacial score (nSPS) is 10.2. The zero-order chi connectivity index (χ0) is 9.84. The molecule has 0 amide bonds. The van der Waals surface area contributed by atoms with Crippen molar-refractivity contribution in [3.63, 3.8) is 0 Å². The fourth-order valence-corrected chi connectivity index (χ4v) is 1.28. The molecule has 2 heteroatoms. The summed E-state index contributed by atoms with van der Waals surface area (Å²) in [5.74, 6) is 1.45. The van der Waals surface area contributed by atoms with Crippen molar-refractivity contribution in [2.24, 2.45) is 0 Å². The van der Waals surface area contributed by atoms with E-state index in [9.17, 15) is 0 Å². The number of anilines is 1. The second-order valence-electron chi connectivity index (χ2n) is 3.36. The highest BCUT2D eigenvalue weighted by Gasteiger charge is 2.04. The fourth-order valence-electron chi connectivity index (χ4n) is 1.28. The fraction of sp³-hybridized carbons (Fsp3) is 0.455. The van der Waals surface area contributed by atoms with Crippen LogP contribution in [0.15, 0.2) is 18.2 Å². The summed E-state index contributed by atoms with van der Waals surface area (Å²) < 4.78 is 5.21. The van der Waals surface area contributed by atoms with Crippen LogP contribution in [0.25, 0.3) is 0 Å². The molecule has 0 unspecified atom stereocenters. The van der Waals surface area contributed by atoms with E-state index in [1.54, 1.807) is 7.11 Å². The molecule has 0 aliphatic rings. The van der Waals surface area contributed by atoms with Crippen LogP contribution in [0.3, 0.4) is 0 Å². The van der Waals surface area contributed by atoms with Gasteiger partial charge in [-0.05, 0) is 23.6 Å². The number of hydrogen-bond donors (Lipinski definition) is 1. The zero-order valence-corrected chi connectivity index (χ0v) is 8.72. The van der Waals surface area contributed by atoms with E-state index in [4.69, 9.17) is 4.74 Å². The maximum absolute atomic E-state index is 5.21. The van der Waals surface area contributed by atoms with Crippen molar-refractivity contribution in [1.29, 1.82) is 0 Å². The second-order valence-corrected chi connectivity index (χ2v) is 3.36. The molecule has 1 N–H and O–H groups in total. The summed E-state index contributed by atoms with van der Waals surface area (Å²) in [6, 6.07) is 6.23. The van der Waals surface area contributed by atoms with E-state index >= 15 is 0 Å². The Labute approximate surface area is 79.9 Å². The van der Waals surface area contributed by atoms with Gasteiger partial charge in [0.25, 0.3) is 0 Å². The van der Waals surface area contributed by atoms with Crippen LogP contribution in [-0.2, 0) is 0 Å². The Morgan fingerprint density at radius 1 is 1.31 bits per heavy atom. The molecule has 0 aromatic heterocycles. The minimum Gasteiger partial charge on any atom is -0.495 e. The van der Waals surface area contributed by atoms with Crippen molar-refractivity contribution in [2.45, 2.75) is 19.8 Å². The van der Waals surface area contributed by atoms with Crippen molar-refractivity contribution in [2.75, 3.05) is 19.5 Å². The van der Waals surface area contributed by atoms with E-state index < -0.39 is 0 Å². The Morgan fingerprint density at radius 3 is 2.46 bits per heavy atom. The van der Waals surface area contributed by atoms with Crippen LogP contribution in [0.4, 0.5) is 5.69 Å². The lowest BCUT2D eigenvalue weighted by atomic mass is 10.0. The molecule has 0 bridgehead atoms. The first-order chi connectivity index (χ1) is 6.19. The Morgan fingerprint density at radius 2 is 2.00 bits per heavy atom. The predicted octanol–water partition coefficient (Wildman–Crippen LogP) is 2.86. The molecule has 1 aromatic carbocycles. The molecule has 0 saturated heterocycles. The highest BCUT2D eigenvalue weighted by Crippen LogP contribution is 2.27. The molecule has 0 heterocycles. The number of hydrogen-bond acceptors (Lipinski definition) is 2. The zero-order valence-electron chi connectivity index (χ0n) is 8.72. The molecular weight excluding hydrogens is 162 g/mol. The molecule has 0 spiro atoms. The highest BCUT2D eigenvalue weighted by atomic mass is 16.5. The monoisotopic (exact) mass is 179 g/mol. The summed E-state index contributed by atoms with van der Waals surface area (Å²) in [7, 11) is 3.59. The first kappa shape index (κ1) is 9.90. The SMILES string of the molecule is CNc1cc(C(C)C)ccc1OC. The van der Waals surface area contributed by atoms with Gasteiger partial charge in [-0.25, -0.2) is 0 Å². The van der Waals surface area contributed by atoms with Crippen LogP contribution in [-0.4, -0.2) is 14.2 Å². The van der Waals surface area contributed by atoms with Gasteiger partial charge in [-0.1, -0.05) is 19.9 Å². The lowest BCUT2D eigenvalue weighted by Gasteiger charge is -2.11. The van der Waals surface area contributed by atoms with E-state index in [0.29, 0.717) is 5.92 Å². The predicted molar refractivity (Wildman–Crippen MR) is 56.6 cm³/mol. The molecule has 1 rings (SSSR count). The van der Waals surface area contributed by atoms with Gasteiger partial charge in [-0.2, -0.15) is 0 Å². The van der Waals surface area contributed by atoms with Gasteiger partial charge in [-0.3, -0.25) is 0 Å². The first-order valence-electron chi connectivity index (χ1n) is 4.54. The van der Waals surface area contributed by atoms with Crippen LogP contribution in [0.2, 0.25) is 0 Å². The molecule has 0 saturated carbocycles. The number of rotatable bonds is 3. The van der Waals surface area contributed by atoms with Gasteiger partial charge in [0, 0.05) is 7.05 Å². The lowest BCUT2D eigenvalue weighted by molar-refractivity contribution is 0.416. The van der Waals surface area contributed by atoms with Crippen LogP contribution in [0.5, 0.6) is 5.75 Å². The van der Waals surface area contributed by atoms with E-state index in [2.05, 4.69) is 31.3 Å². The molecule has 72 valence electrons. The van der Waals surface area contributed by atoms with E-state index in [-0.39, 0.29) is 0 Å². The molecule has 0 radical (unpaired) electrons. The molecule has 0 aliphatic carbocycles. The van der Waals surface area contributed by atoms with Crippen LogP contribution < -0.4 is 10.1 Å². The number of methoxy groups -OCH3 is 1. The summed E-state index contributed by atoms with van der Waals surface area (Å²) in [5, 5.41) is 3.12. The molecular formula is C11H17NO. The molecule has 0 atom stereocenters. The summed E-state index contributed by atoms with van der Waals surface area (Å²) >= 11 is 0. The van der Waals surface area contributed by atoms with Gasteiger partial charge in [0.05, 0.1) is 12.8 Å². The molecule has 1 aromatic rings. The van der Waals surface area contributed by atoms with Crippen molar-refractivity contribution in [3.8, 4) is 5.75 Å². The van der Waals surface area contributed by atoms with Crippen LogP contribution >= 0.6 is 0 Å². The Bertz CT molecular complexity index is 281. The maximum atomic E-state index is 5.21. The van der Waals surface area contributed by atoms with Gasteiger partial charge in [0.1, 0.15) is 5.75 Å². The van der Waals surface area contributed by atoms with Crippen LogP contribution in [0.1, 0.15) is 25.3 Å². The number of nitrogens with one attached hydrogen (secondary N) is 1. The summed E-state index contributed by atoms with van der Waals surface area (Å²) in [5.41, 5.74) is 2.37. The van der Waals surface area contributed by atoms with Gasteiger partial charge in [-0.15, -0.1) is 0 Å². The largest absolute Gasteiger partial charge is 0.495 e. The van der Waals surface area contributed by atoms with Gasteiger partial charge in [0.15, 0.2) is 0 Å². The lowest BCUT2D eigenvalue weighted by Crippen LogP contribution is -1.96. The minimum absolute atomic E-state index is 0.554. The average molecular weight is 179 g/mol. The van der Waals surface area contributed by atoms with Gasteiger partial charge >= 0.3 is 0 Å². The molecule has 0 aliphatic heterocycles. The average Bonchev–Trinajstić information content (AvgIpc) is 2.16. The third-order valence-corrected chi connectivity index (χ3v) is 2.16. The molecule has 13 heavy (non-hydrogen) atoms. The van der Waals surface area contributed by atoms with Crippen LogP contribution in [0, 0.1) is 0 Å². The molecule has 2 nitrogen and oxygen atoms in total. The Hall–Kier alpha value is -1.18. The van der Waals surface area contributed by atoms with E-state index in [0.717, 1.165) is 11.4 Å². The quantitative estimate of drug-likeness (QED) is 0.770. The highest BCUT2D eigenvalue weighted by molar-refractivity contribution is 5.58. The standard InChI is InChI=1S/C11H17NO/c1-8(2)9-5-6-11(13-4)10(7-9)12-3/h5-8,12H,1-4H3. The van der Waals surface area contributed by atoms with Gasteiger partial charge in [0.2, 0.25) is 0 Å². The minimum atomic E-state index is 0.554. The summed E-state index contributed by atoms with van der Waals surface area (Å²) in [6.07, 6.45) is 0. The third kappa shape index (κ3) is 2.14. The van der Waals surface area contributed by atoms with Crippen molar-refractivity contribution < 1.29 is 4.74 Å². The van der Waals surface area contributed by atoms with Crippen molar-refractivity contribution >= 4 is 5.69 Å². The number of benzene rings is 1. The van der Waals surface area contributed by atoms with E-state index in [1.165, 1.54) is 5.56 Å². The van der Waals surface area contributed by atoms with Gasteiger partial charge < -0.3 is 10.1 Å². The third-order valence-electron chi connectivity index (χ3n) is 2.16. The number of ether oxygens (including phenoxy) is 1.